The Labute approximate surface area is 224 Å². The molecule has 2 aliphatic heterocycles. The van der Waals surface area contributed by atoms with Crippen molar-refractivity contribution in [3.8, 4) is 11.5 Å². The van der Waals surface area contributed by atoms with Gasteiger partial charge >= 0.3 is 12.4 Å². The lowest BCUT2D eigenvalue weighted by Gasteiger charge is -2.35. The van der Waals surface area contributed by atoms with Crippen LogP contribution in [0.15, 0.2) is 46.3 Å². The first kappa shape index (κ1) is 28.8. The summed E-state index contributed by atoms with van der Waals surface area (Å²) < 4.78 is 95.7. The van der Waals surface area contributed by atoms with Crippen molar-refractivity contribution in [1.29, 1.82) is 0 Å². The number of ether oxygens (including phenoxy) is 3. The minimum Gasteiger partial charge on any atom is -0.493 e. The number of aliphatic imine (C=N–C) groups is 1. The van der Waals surface area contributed by atoms with Gasteiger partial charge in [0.05, 0.1) is 35.3 Å². The number of alkyl halides is 6. The molecule has 0 radical (unpaired) electrons. The number of methoxy groups -OCH3 is 1. The number of benzene rings is 2. The quantitative estimate of drug-likeness (QED) is 0.305. The second kappa shape index (κ2) is 11.1. The van der Waals surface area contributed by atoms with Gasteiger partial charge < -0.3 is 19.1 Å². The highest BCUT2D eigenvalue weighted by Crippen LogP contribution is 2.39. The van der Waals surface area contributed by atoms with Crippen LogP contribution in [0.4, 0.5) is 26.3 Å². The largest absolute Gasteiger partial charge is 0.493 e. The third kappa shape index (κ3) is 6.88. The van der Waals surface area contributed by atoms with Crippen molar-refractivity contribution in [2.75, 3.05) is 20.2 Å². The van der Waals surface area contributed by atoms with Crippen LogP contribution in [-0.4, -0.2) is 48.4 Å². The lowest BCUT2D eigenvalue weighted by Crippen LogP contribution is -2.47. The molecule has 2 atom stereocenters. The zero-order valence-electron chi connectivity index (χ0n) is 21.0. The van der Waals surface area contributed by atoms with Crippen molar-refractivity contribution in [1.82, 2.24) is 4.90 Å². The van der Waals surface area contributed by atoms with E-state index in [0.717, 1.165) is 6.07 Å². The predicted molar refractivity (Wildman–Crippen MR) is 133 cm³/mol. The average Bonchev–Trinajstić information content (AvgIpc) is 3.21. The molecule has 1 saturated heterocycles. The molecule has 6 nitrogen and oxygen atoms in total. The molecule has 1 amide bonds. The van der Waals surface area contributed by atoms with Crippen LogP contribution in [0.3, 0.4) is 0 Å². The van der Waals surface area contributed by atoms with E-state index in [-0.39, 0.29) is 29.8 Å². The maximum atomic E-state index is 13.4. The second-order valence-electron chi connectivity index (χ2n) is 9.04. The van der Waals surface area contributed by atoms with E-state index < -0.39 is 41.6 Å². The van der Waals surface area contributed by atoms with Crippen molar-refractivity contribution in [3.05, 3.63) is 63.6 Å². The molecule has 0 aliphatic carbocycles. The number of amidine groups is 1. The van der Waals surface area contributed by atoms with Gasteiger partial charge in [0.25, 0.3) is 5.91 Å². The third-order valence-corrected chi connectivity index (χ3v) is 6.96. The molecule has 0 bridgehead atoms. The van der Waals surface area contributed by atoms with Crippen LogP contribution in [0, 0.1) is 0 Å². The van der Waals surface area contributed by atoms with Crippen LogP contribution in [0.25, 0.3) is 6.08 Å². The molecule has 2 heterocycles. The third-order valence-electron chi connectivity index (χ3n) is 5.91. The number of hydrogen-bond acceptors (Lipinski definition) is 6. The number of morpholine rings is 1. The topological polar surface area (TPSA) is 60.4 Å². The first-order chi connectivity index (χ1) is 18.2. The summed E-state index contributed by atoms with van der Waals surface area (Å²) in [6.07, 6.45) is -8.33. The van der Waals surface area contributed by atoms with Gasteiger partial charge in [0.2, 0.25) is 0 Å². The smallest absolute Gasteiger partial charge is 0.416 e. The lowest BCUT2D eigenvalue weighted by molar-refractivity contribution is -0.143. The van der Waals surface area contributed by atoms with E-state index in [0.29, 0.717) is 34.8 Å². The van der Waals surface area contributed by atoms with Crippen LogP contribution in [0.5, 0.6) is 11.5 Å². The number of halogens is 6. The molecule has 2 aromatic carbocycles. The molecular formula is C26H24F6N2O4S. The molecule has 1 fully saturated rings. The van der Waals surface area contributed by atoms with Crippen LogP contribution < -0.4 is 9.47 Å². The van der Waals surface area contributed by atoms with Gasteiger partial charge in [-0.15, -0.1) is 0 Å². The van der Waals surface area contributed by atoms with E-state index in [1.165, 1.54) is 31.0 Å². The van der Waals surface area contributed by atoms with Gasteiger partial charge in [0, 0.05) is 18.7 Å². The van der Waals surface area contributed by atoms with Crippen molar-refractivity contribution in [2.45, 2.75) is 45.0 Å². The van der Waals surface area contributed by atoms with Gasteiger partial charge in [0.1, 0.15) is 6.61 Å². The number of carbonyl (C=O) groups excluding carboxylic acids is 1. The predicted octanol–water partition coefficient (Wildman–Crippen LogP) is 6.39. The molecule has 0 N–H and O–H groups in total. The van der Waals surface area contributed by atoms with Gasteiger partial charge in [-0.25, -0.2) is 0 Å². The van der Waals surface area contributed by atoms with E-state index in [2.05, 4.69) is 4.99 Å². The highest BCUT2D eigenvalue weighted by molar-refractivity contribution is 8.18. The Kier molecular flexibility index (Phi) is 8.22. The van der Waals surface area contributed by atoms with Crippen LogP contribution in [0.1, 0.15) is 36.1 Å². The number of amides is 1. The Morgan fingerprint density at radius 1 is 1.03 bits per heavy atom. The van der Waals surface area contributed by atoms with E-state index >= 15 is 0 Å². The van der Waals surface area contributed by atoms with Crippen molar-refractivity contribution in [2.24, 2.45) is 4.99 Å². The average molecular weight is 575 g/mol. The summed E-state index contributed by atoms with van der Waals surface area (Å²) in [5, 5.41) is 0.581. The van der Waals surface area contributed by atoms with Crippen molar-refractivity contribution in [3.63, 3.8) is 0 Å². The first-order valence-corrected chi connectivity index (χ1v) is 12.6. The lowest BCUT2D eigenvalue weighted by atomic mass is 10.0. The van der Waals surface area contributed by atoms with Gasteiger partial charge in [-0.1, -0.05) is 12.1 Å². The molecule has 2 aliphatic rings. The molecule has 0 saturated carbocycles. The zero-order chi connectivity index (χ0) is 28.5. The van der Waals surface area contributed by atoms with Crippen molar-refractivity contribution < 1.29 is 45.3 Å². The normalized spacial score (nSPS) is 21.4. The SMILES string of the molecule is COc1cc(C=C2SC(N3CC(C)OC(C)C3)=NC2=O)ccc1OCc1ccc(C(F)(F)F)cc1C(F)(F)F. The molecule has 2 unspecified atom stereocenters. The maximum Gasteiger partial charge on any atom is 0.416 e. The standard InChI is InChI=1S/C26H24F6N2O4S/c1-14-11-34(12-15(2)38-14)24-33-23(35)22(39-24)9-16-4-7-20(21(8-16)36-3)37-13-17-5-6-18(25(27,28)29)10-19(17)26(30,31)32/h4-10,14-15H,11-13H2,1-3H3. The first-order valence-electron chi connectivity index (χ1n) is 11.8. The minimum absolute atomic E-state index is 0.00762. The summed E-state index contributed by atoms with van der Waals surface area (Å²) in [6.45, 7) is 4.44. The monoisotopic (exact) mass is 574 g/mol. The Morgan fingerprint density at radius 2 is 1.72 bits per heavy atom. The highest BCUT2D eigenvalue weighted by atomic mass is 32.2. The second-order valence-corrected chi connectivity index (χ2v) is 10.0. The van der Waals surface area contributed by atoms with Gasteiger partial charge in [-0.05, 0) is 61.5 Å². The fraction of sp³-hybridized carbons (Fsp3) is 0.385. The Morgan fingerprint density at radius 3 is 2.33 bits per heavy atom. The summed E-state index contributed by atoms with van der Waals surface area (Å²) >= 11 is 1.23. The molecule has 4 rings (SSSR count). The number of carbonyl (C=O) groups is 1. The molecule has 13 heteroatoms. The zero-order valence-corrected chi connectivity index (χ0v) is 21.8. The van der Waals surface area contributed by atoms with Crippen LogP contribution >= 0.6 is 11.8 Å². The molecule has 39 heavy (non-hydrogen) atoms. The summed E-state index contributed by atoms with van der Waals surface area (Å²) in [5.74, 6) is -0.161. The number of rotatable bonds is 5. The summed E-state index contributed by atoms with van der Waals surface area (Å²) in [6, 6.07) is 5.94. The number of nitrogens with zero attached hydrogens (tertiary/aromatic N) is 2. The van der Waals surface area contributed by atoms with Gasteiger partial charge in [-0.3, -0.25) is 4.79 Å². The molecular weight excluding hydrogens is 550 g/mol. The van der Waals surface area contributed by atoms with Crippen LogP contribution in [-0.2, 0) is 28.5 Å². The molecule has 2 aromatic rings. The molecule has 210 valence electrons. The van der Waals surface area contributed by atoms with E-state index in [1.807, 2.05) is 18.7 Å². The summed E-state index contributed by atoms with van der Waals surface area (Å²) in [5.41, 5.74) is -2.75. The summed E-state index contributed by atoms with van der Waals surface area (Å²) in [7, 11) is 1.33. The fourth-order valence-corrected chi connectivity index (χ4v) is 5.14. The molecule has 0 aromatic heterocycles. The fourth-order valence-electron chi connectivity index (χ4n) is 4.21. The maximum absolute atomic E-state index is 13.4. The Hall–Kier alpha value is -3.19. The van der Waals surface area contributed by atoms with Crippen molar-refractivity contribution >= 4 is 28.9 Å². The highest BCUT2D eigenvalue weighted by Gasteiger charge is 2.38. The minimum atomic E-state index is -5.01. The number of thioether (sulfide) groups is 1. The Balaban J connectivity index is 1.50. The van der Waals surface area contributed by atoms with E-state index in [1.54, 1.807) is 12.1 Å². The van der Waals surface area contributed by atoms with Gasteiger partial charge in [0.15, 0.2) is 16.7 Å². The molecule has 0 spiro atoms. The van der Waals surface area contributed by atoms with E-state index in [9.17, 15) is 31.1 Å². The summed E-state index contributed by atoms with van der Waals surface area (Å²) in [4.78, 5) is 19.1. The Bertz CT molecular complexity index is 1300. The van der Waals surface area contributed by atoms with Crippen LogP contribution in [0.2, 0.25) is 0 Å². The number of hydrogen-bond donors (Lipinski definition) is 0. The van der Waals surface area contributed by atoms with Gasteiger partial charge in [-0.2, -0.15) is 31.3 Å². The van der Waals surface area contributed by atoms with E-state index in [4.69, 9.17) is 14.2 Å².